The summed E-state index contributed by atoms with van der Waals surface area (Å²) in [6.07, 6.45) is 4.20. The van der Waals surface area contributed by atoms with Crippen LogP contribution in [0.3, 0.4) is 0 Å². The number of rotatable bonds is 4. The quantitative estimate of drug-likeness (QED) is 0.354. The van der Waals surface area contributed by atoms with Gasteiger partial charge in [-0.25, -0.2) is 4.98 Å². The Morgan fingerprint density at radius 3 is 2.56 bits per heavy atom. The van der Waals surface area contributed by atoms with Crippen LogP contribution in [0.4, 0.5) is 22.9 Å². The van der Waals surface area contributed by atoms with Crippen molar-refractivity contribution in [2.24, 2.45) is 0 Å². The van der Waals surface area contributed by atoms with Crippen LogP contribution in [-0.4, -0.2) is 35.5 Å². The molecule has 0 bridgehead atoms. The topological polar surface area (TPSA) is 70.6 Å². The van der Waals surface area contributed by atoms with Gasteiger partial charge in [-0.05, 0) is 75.1 Å². The lowest BCUT2D eigenvalue weighted by atomic mass is 9.74. The number of fused-ring (bicyclic) bond motifs is 3. The molecule has 7 nitrogen and oxygen atoms in total. The van der Waals surface area contributed by atoms with Crippen molar-refractivity contribution in [3.63, 3.8) is 0 Å². The summed E-state index contributed by atoms with van der Waals surface area (Å²) < 4.78 is 6.53. The highest BCUT2D eigenvalue weighted by atomic mass is 16.5. The van der Waals surface area contributed by atoms with E-state index < -0.39 is 5.41 Å². The average Bonchev–Trinajstić information content (AvgIpc) is 3.49. The number of hydrogen-bond donors (Lipinski definition) is 1. The maximum atomic E-state index is 13.0. The standard InChI is InChI=1S/C32H31N5O2/c1-21-19-28-25(22(2)34-21)12-16-37(28)27-11-10-23(20-29(27)39-24-7-4-3-5-8-24)36-17-13-32(14-18-36)26-9-6-15-33-30(26)35-31(32)38/h3-11,15,19-20H,12-14,16-18H2,1-2H3,(H,33,35,38). The van der Waals surface area contributed by atoms with Gasteiger partial charge in [0, 0.05) is 60.2 Å². The summed E-state index contributed by atoms with van der Waals surface area (Å²) in [4.78, 5) is 26.9. The van der Waals surface area contributed by atoms with Crippen LogP contribution >= 0.6 is 0 Å². The van der Waals surface area contributed by atoms with E-state index in [0.29, 0.717) is 5.82 Å². The average molecular weight is 518 g/mol. The summed E-state index contributed by atoms with van der Waals surface area (Å²) in [6, 6.07) is 22.6. The van der Waals surface area contributed by atoms with Crippen LogP contribution in [-0.2, 0) is 16.6 Å². The number of para-hydroxylation sites is 1. The lowest BCUT2D eigenvalue weighted by Crippen LogP contribution is -2.46. The first-order valence-corrected chi connectivity index (χ1v) is 13.7. The molecule has 3 aliphatic heterocycles. The maximum Gasteiger partial charge on any atom is 0.236 e. The fraction of sp³-hybridized carbons (Fsp3) is 0.281. The van der Waals surface area contributed by atoms with Gasteiger partial charge in [-0.3, -0.25) is 9.78 Å². The third-order valence-electron chi connectivity index (χ3n) is 8.49. The molecule has 0 atom stereocenters. The minimum absolute atomic E-state index is 0.0760. The molecule has 0 saturated carbocycles. The molecule has 1 N–H and O–H groups in total. The predicted molar refractivity (Wildman–Crippen MR) is 153 cm³/mol. The summed E-state index contributed by atoms with van der Waals surface area (Å²) in [5.41, 5.74) is 7.34. The Morgan fingerprint density at radius 2 is 1.74 bits per heavy atom. The van der Waals surface area contributed by atoms with Crippen LogP contribution in [0.5, 0.6) is 11.5 Å². The molecule has 7 heteroatoms. The zero-order valence-corrected chi connectivity index (χ0v) is 22.3. The van der Waals surface area contributed by atoms with E-state index in [9.17, 15) is 4.79 Å². The van der Waals surface area contributed by atoms with Gasteiger partial charge in [0.15, 0.2) is 5.75 Å². The normalized spacial score (nSPS) is 17.2. The van der Waals surface area contributed by atoms with Crippen molar-refractivity contribution >= 4 is 28.8 Å². The van der Waals surface area contributed by atoms with E-state index in [4.69, 9.17) is 9.72 Å². The molecule has 7 rings (SSSR count). The molecule has 2 aromatic heterocycles. The Morgan fingerprint density at radius 1 is 0.923 bits per heavy atom. The Bertz CT molecular complexity index is 1580. The molecule has 2 aromatic carbocycles. The second-order valence-electron chi connectivity index (χ2n) is 10.7. The number of anilines is 4. The van der Waals surface area contributed by atoms with Gasteiger partial charge in [0.1, 0.15) is 11.6 Å². The van der Waals surface area contributed by atoms with Crippen molar-refractivity contribution < 1.29 is 9.53 Å². The zero-order chi connectivity index (χ0) is 26.6. The third-order valence-corrected chi connectivity index (χ3v) is 8.49. The zero-order valence-electron chi connectivity index (χ0n) is 22.3. The molecular weight excluding hydrogens is 486 g/mol. The van der Waals surface area contributed by atoms with Crippen molar-refractivity contribution in [1.82, 2.24) is 9.97 Å². The molecule has 196 valence electrons. The summed E-state index contributed by atoms with van der Waals surface area (Å²) in [5, 5.41) is 3.01. The van der Waals surface area contributed by atoms with Crippen LogP contribution in [0.15, 0.2) is 72.9 Å². The molecule has 5 heterocycles. The van der Waals surface area contributed by atoms with Crippen LogP contribution in [0, 0.1) is 13.8 Å². The minimum atomic E-state index is -0.494. The largest absolute Gasteiger partial charge is 0.455 e. The number of nitrogens with one attached hydrogen (secondary N) is 1. The molecule has 1 amide bonds. The number of benzene rings is 2. The van der Waals surface area contributed by atoms with E-state index in [-0.39, 0.29) is 5.91 Å². The highest BCUT2D eigenvalue weighted by Gasteiger charge is 2.49. The van der Waals surface area contributed by atoms with Gasteiger partial charge in [0.25, 0.3) is 0 Å². The maximum absolute atomic E-state index is 13.0. The number of carbonyl (C=O) groups is 1. The number of ether oxygens (including phenoxy) is 1. The number of piperidine rings is 1. The van der Waals surface area contributed by atoms with Crippen molar-refractivity contribution in [1.29, 1.82) is 0 Å². The number of carbonyl (C=O) groups excluding carboxylic acids is 1. The second kappa shape index (κ2) is 9.12. The number of amides is 1. The number of aromatic nitrogens is 2. The Balaban J connectivity index is 1.21. The number of aryl methyl sites for hydroxylation is 2. The molecular formula is C32H31N5O2. The van der Waals surface area contributed by atoms with Gasteiger partial charge in [-0.1, -0.05) is 24.3 Å². The van der Waals surface area contributed by atoms with Crippen LogP contribution in [0.1, 0.15) is 35.4 Å². The molecule has 0 aliphatic carbocycles. The third kappa shape index (κ3) is 3.92. The highest BCUT2D eigenvalue weighted by molar-refractivity contribution is 6.05. The minimum Gasteiger partial charge on any atom is -0.455 e. The van der Waals surface area contributed by atoms with Gasteiger partial charge in [0.05, 0.1) is 11.1 Å². The molecule has 0 unspecified atom stereocenters. The van der Waals surface area contributed by atoms with E-state index in [1.165, 1.54) is 11.3 Å². The van der Waals surface area contributed by atoms with Gasteiger partial charge in [-0.15, -0.1) is 0 Å². The number of nitrogens with zero attached hydrogens (tertiary/aromatic N) is 4. The smallest absolute Gasteiger partial charge is 0.236 e. The highest BCUT2D eigenvalue weighted by Crippen LogP contribution is 2.47. The lowest BCUT2D eigenvalue weighted by molar-refractivity contribution is -0.121. The fourth-order valence-electron chi connectivity index (χ4n) is 6.48. The SMILES string of the molecule is Cc1cc2c(c(C)n1)CCN2c1ccc(N2CCC3(CC2)C(=O)Nc2ncccc23)cc1Oc1ccccc1. The van der Waals surface area contributed by atoms with E-state index in [0.717, 1.165) is 78.7 Å². The molecule has 1 spiro atoms. The molecule has 1 saturated heterocycles. The Labute approximate surface area is 228 Å². The monoisotopic (exact) mass is 517 g/mol. The van der Waals surface area contributed by atoms with Gasteiger partial charge < -0.3 is 19.9 Å². The van der Waals surface area contributed by atoms with Gasteiger partial charge in [-0.2, -0.15) is 0 Å². The molecule has 4 aromatic rings. The van der Waals surface area contributed by atoms with Crippen molar-refractivity contribution in [3.05, 3.63) is 95.4 Å². The Hall–Kier alpha value is -4.39. The van der Waals surface area contributed by atoms with Gasteiger partial charge >= 0.3 is 0 Å². The van der Waals surface area contributed by atoms with Gasteiger partial charge in [0.2, 0.25) is 5.91 Å². The van der Waals surface area contributed by atoms with E-state index in [1.807, 2.05) is 42.5 Å². The lowest BCUT2D eigenvalue weighted by Gasteiger charge is -2.39. The van der Waals surface area contributed by atoms with E-state index >= 15 is 0 Å². The predicted octanol–water partition coefficient (Wildman–Crippen LogP) is 6.07. The van der Waals surface area contributed by atoms with Crippen LogP contribution in [0.25, 0.3) is 0 Å². The summed E-state index contributed by atoms with van der Waals surface area (Å²) >= 11 is 0. The molecule has 1 fully saturated rings. The van der Waals surface area contributed by atoms with Crippen LogP contribution < -0.4 is 19.9 Å². The van der Waals surface area contributed by atoms with Crippen molar-refractivity contribution in [2.45, 2.75) is 38.5 Å². The molecule has 0 radical (unpaired) electrons. The number of pyridine rings is 2. The first-order valence-electron chi connectivity index (χ1n) is 13.7. The summed E-state index contributed by atoms with van der Waals surface area (Å²) in [5.74, 6) is 2.42. The van der Waals surface area contributed by atoms with E-state index in [1.54, 1.807) is 6.20 Å². The van der Waals surface area contributed by atoms with Crippen LogP contribution in [0.2, 0.25) is 0 Å². The second-order valence-corrected chi connectivity index (χ2v) is 10.7. The fourth-order valence-corrected chi connectivity index (χ4v) is 6.48. The summed E-state index contributed by atoms with van der Waals surface area (Å²) in [7, 11) is 0. The first kappa shape index (κ1) is 23.7. The van der Waals surface area contributed by atoms with Crippen molar-refractivity contribution in [3.8, 4) is 11.5 Å². The molecule has 39 heavy (non-hydrogen) atoms. The van der Waals surface area contributed by atoms with E-state index in [2.05, 4.69) is 58.2 Å². The molecule has 3 aliphatic rings. The summed E-state index contributed by atoms with van der Waals surface area (Å²) in [6.45, 7) is 6.60. The first-order chi connectivity index (χ1) is 19.0. The Kier molecular flexibility index (Phi) is 5.54. The number of hydrogen-bond acceptors (Lipinski definition) is 6. The van der Waals surface area contributed by atoms with Crippen molar-refractivity contribution in [2.75, 3.05) is 34.8 Å².